The predicted molar refractivity (Wildman–Crippen MR) is 127 cm³/mol. The number of nitrogens with zero attached hydrogens (tertiary/aromatic N) is 2. The summed E-state index contributed by atoms with van der Waals surface area (Å²) in [4.78, 5) is 31.8. The summed E-state index contributed by atoms with van der Waals surface area (Å²) in [7, 11) is 0. The van der Waals surface area contributed by atoms with Crippen LogP contribution in [0, 0.1) is 5.41 Å². The number of likely N-dealkylation sites (N-methyl/N-ethyl adjacent to an activating group) is 2. The van der Waals surface area contributed by atoms with E-state index in [9.17, 15) is 9.59 Å². The first-order valence-electron chi connectivity index (χ1n) is 9.06. The van der Waals surface area contributed by atoms with Crippen molar-refractivity contribution in [1.29, 1.82) is 0 Å². The molecule has 2 saturated heterocycles. The third kappa shape index (κ3) is 3.05. The Morgan fingerprint density at radius 3 is 2.22 bits per heavy atom. The van der Waals surface area contributed by atoms with Crippen LogP contribution in [0.2, 0.25) is 0 Å². The fraction of sp³-hybridized carbons (Fsp3) is 0.526. The molecule has 0 saturated carbocycles. The molecule has 8 heteroatoms. The molecule has 0 N–H and O–H groups in total. The third-order valence-corrected chi connectivity index (χ3v) is 16.0. The Bertz CT molecular complexity index is 828. The molecule has 146 valence electrons. The van der Waals surface area contributed by atoms with Crippen LogP contribution in [0.15, 0.2) is 29.8 Å². The van der Waals surface area contributed by atoms with E-state index in [2.05, 4.69) is 30.9 Å². The number of allylic oxidation sites excluding steroid dienone is 2. The zero-order chi connectivity index (χ0) is 19.7. The molecule has 27 heavy (non-hydrogen) atoms. The molecule has 2 atom stereocenters. The number of alkyl halides is 2. The Labute approximate surface area is 181 Å². The Morgan fingerprint density at radius 2 is 1.70 bits per heavy atom. The van der Waals surface area contributed by atoms with Crippen molar-refractivity contribution in [1.82, 2.24) is 9.80 Å². The summed E-state index contributed by atoms with van der Waals surface area (Å²) < 4.78 is 4.79. The van der Waals surface area contributed by atoms with Crippen LogP contribution in [-0.2, 0) is 9.59 Å². The molecule has 0 aromatic rings. The van der Waals surface area contributed by atoms with Gasteiger partial charge in [-0.05, 0) is 0 Å². The molecular weight excluding hydrogens is 511 g/mol. The third-order valence-electron chi connectivity index (χ3n) is 5.03. The van der Waals surface area contributed by atoms with E-state index in [4.69, 9.17) is 12.2 Å². The van der Waals surface area contributed by atoms with Gasteiger partial charge in [0.15, 0.2) is 0 Å². The topological polar surface area (TPSA) is 40.6 Å². The van der Waals surface area contributed by atoms with Gasteiger partial charge in [0.25, 0.3) is 0 Å². The summed E-state index contributed by atoms with van der Waals surface area (Å²) in [5.74, 6) is -0.482. The fourth-order valence-corrected chi connectivity index (χ4v) is 17.1. The molecule has 4 nitrogen and oxygen atoms in total. The quantitative estimate of drug-likeness (QED) is 0.169. The molecule has 2 unspecified atom stereocenters. The van der Waals surface area contributed by atoms with Gasteiger partial charge in [-0.3, -0.25) is 0 Å². The molecule has 4 aliphatic heterocycles. The normalized spacial score (nSPS) is 29.1. The van der Waals surface area contributed by atoms with Crippen LogP contribution in [0.4, 0.5) is 0 Å². The summed E-state index contributed by atoms with van der Waals surface area (Å²) in [5.41, 5.74) is 0.628. The minimum atomic E-state index is -1.09. The second kappa shape index (κ2) is 6.88. The number of hydrogen-bond acceptors (Lipinski definition) is 5. The van der Waals surface area contributed by atoms with Gasteiger partial charge >= 0.3 is 183 Å². The van der Waals surface area contributed by atoms with E-state index in [1.807, 2.05) is 13.8 Å². The van der Waals surface area contributed by atoms with Crippen molar-refractivity contribution in [2.24, 2.45) is 5.41 Å². The van der Waals surface area contributed by atoms with Crippen molar-refractivity contribution in [3.05, 3.63) is 29.8 Å². The number of fused-ring (bicyclic) bond motifs is 2. The van der Waals surface area contributed by atoms with Crippen LogP contribution < -0.4 is 0 Å². The van der Waals surface area contributed by atoms with Crippen molar-refractivity contribution in [2.45, 2.75) is 42.5 Å². The number of thiocarbonyl (C=S) groups is 1. The number of rotatable bonds is 2. The van der Waals surface area contributed by atoms with E-state index in [0.717, 1.165) is 8.16 Å². The predicted octanol–water partition coefficient (Wildman–Crippen LogP) is 4.72. The molecule has 4 heterocycles. The summed E-state index contributed by atoms with van der Waals surface area (Å²) in [6, 6.07) is 0. The summed E-state index contributed by atoms with van der Waals surface area (Å²) in [6.07, 6.45) is 2.26. The Kier molecular flexibility index (Phi) is 5.09. The molecule has 4 aliphatic rings. The molecule has 0 bridgehead atoms. The Balaban J connectivity index is 1.68. The van der Waals surface area contributed by atoms with E-state index >= 15 is 0 Å². The molecule has 2 fully saturated rings. The molecule has 0 aromatic heterocycles. The number of thioether (sulfide) groups is 2. The minimum absolute atomic E-state index is 0.241. The van der Waals surface area contributed by atoms with Crippen LogP contribution >= 0.6 is 55.6 Å². The van der Waals surface area contributed by atoms with Crippen molar-refractivity contribution in [3.63, 3.8) is 0 Å². The van der Waals surface area contributed by atoms with E-state index in [-0.39, 0.29) is 11.8 Å². The molecule has 4 rings (SSSR count). The van der Waals surface area contributed by atoms with Gasteiger partial charge in [-0.15, -0.1) is 0 Å². The number of hydrogen-bond donors (Lipinski definition) is 0. The van der Waals surface area contributed by atoms with Gasteiger partial charge in [-0.2, -0.15) is 0 Å². The molecule has 0 aromatic carbocycles. The number of amides is 2. The molecule has 0 spiro atoms. The van der Waals surface area contributed by atoms with Crippen LogP contribution in [0.3, 0.4) is 0 Å². The van der Waals surface area contributed by atoms with Gasteiger partial charge in [0.1, 0.15) is 0 Å². The van der Waals surface area contributed by atoms with E-state index in [1.54, 1.807) is 33.3 Å². The van der Waals surface area contributed by atoms with Crippen LogP contribution in [-0.4, -0.2) is 47.7 Å². The average molecular weight is 535 g/mol. The van der Waals surface area contributed by atoms with Crippen LogP contribution in [0.25, 0.3) is 0 Å². The van der Waals surface area contributed by atoms with Crippen molar-refractivity contribution >= 4 is 72.5 Å². The zero-order valence-electron chi connectivity index (χ0n) is 16.0. The molecule has 0 aliphatic carbocycles. The molecular formula is C19H23IN2O2S3. The number of halogens is 1. The van der Waals surface area contributed by atoms with Gasteiger partial charge < -0.3 is 0 Å². The van der Waals surface area contributed by atoms with Gasteiger partial charge in [0.2, 0.25) is 0 Å². The first-order chi connectivity index (χ1) is 12.7. The number of carbonyl (C=O) groups excluding carboxylic acids is 2. The second-order valence-corrected chi connectivity index (χ2v) is 16.1. The van der Waals surface area contributed by atoms with Crippen LogP contribution in [0.5, 0.6) is 0 Å². The Hall–Kier alpha value is -0.320. The average Bonchev–Trinajstić information content (AvgIpc) is 3.20. The van der Waals surface area contributed by atoms with E-state index < -0.39 is 19.8 Å². The Morgan fingerprint density at radius 1 is 1.11 bits per heavy atom. The molecule has 0 radical (unpaired) electrons. The summed E-state index contributed by atoms with van der Waals surface area (Å²) in [5, 5.41) is 0.327. The van der Waals surface area contributed by atoms with Crippen LogP contribution in [0.1, 0.15) is 34.6 Å². The summed E-state index contributed by atoms with van der Waals surface area (Å²) >= 11 is 7.56. The first-order valence-corrected chi connectivity index (χ1v) is 14.8. The second-order valence-electron chi connectivity index (χ2n) is 7.82. The number of carbonyl (C=O) groups is 2. The van der Waals surface area contributed by atoms with Crippen molar-refractivity contribution < 1.29 is 9.59 Å². The first kappa shape index (κ1) is 20.0. The van der Waals surface area contributed by atoms with Gasteiger partial charge in [-0.1, -0.05) is 0 Å². The summed E-state index contributed by atoms with van der Waals surface area (Å²) in [6.45, 7) is 11.7. The SMILES string of the molecule is CCN1C(=O)C(=C2SC3=C(S2)C2C(C(C)(C)C)I2C=C3)C(=O)N(CC)C1=S. The van der Waals surface area contributed by atoms with Crippen molar-refractivity contribution in [3.8, 4) is 0 Å². The van der Waals surface area contributed by atoms with Gasteiger partial charge in [-0.25, -0.2) is 0 Å². The van der Waals surface area contributed by atoms with Crippen molar-refractivity contribution in [2.75, 3.05) is 13.1 Å². The maximum atomic E-state index is 13.0. The van der Waals surface area contributed by atoms with Gasteiger partial charge in [0, 0.05) is 0 Å². The standard InChI is InChI=1S/C19H23IN2O2S3/c1-6-21-15(23)11(16(24)22(7-2)18(21)25)17-26-10-8-9-20-12(13(10)27-17)14(20)19(3,4)5/h8-9,12,14H,6-7H2,1-5H3. The monoisotopic (exact) mass is 534 g/mol. The molecule has 2 amide bonds. The maximum absolute atomic E-state index is 13.0. The van der Waals surface area contributed by atoms with Gasteiger partial charge in [0.05, 0.1) is 0 Å². The zero-order valence-corrected chi connectivity index (χ0v) is 20.6. The van der Waals surface area contributed by atoms with E-state index in [0.29, 0.717) is 33.1 Å². The van der Waals surface area contributed by atoms with E-state index in [1.165, 1.54) is 9.81 Å². The fourth-order valence-electron chi connectivity index (χ4n) is 3.70.